The molecule has 1 aromatic carbocycles. The van der Waals surface area contributed by atoms with Gasteiger partial charge in [0.2, 0.25) is 0 Å². The Bertz CT molecular complexity index is 228. The van der Waals surface area contributed by atoms with Gasteiger partial charge in [0.15, 0.2) is 0 Å². The molecule has 0 bridgehead atoms. The molecular weight excluding hydrogens is 176 g/mol. The smallest absolute Gasteiger partial charge is 0.00920 e. The summed E-state index contributed by atoms with van der Waals surface area (Å²) in [4.78, 5) is 0. The highest BCUT2D eigenvalue weighted by atomic mass is 32.1. The average Bonchev–Trinajstić information content (AvgIpc) is 2.15. The molecule has 0 aliphatic heterocycles. The lowest BCUT2D eigenvalue weighted by molar-refractivity contribution is 0.488. The lowest BCUT2D eigenvalue weighted by Crippen LogP contribution is -2.07. The number of benzene rings is 1. The first kappa shape index (κ1) is 10.6. The maximum atomic E-state index is 4.30. The van der Waals surface area contributed by atoms with Crippen molar-refractivity contribution in [1.82, 2.24) is 0 Å². The third kappa shape index (κ3) is 3.07. The molecule has 0 nitrogen and oxygen atoms in total. The summed E-state index contributed by atoms with van der Waals surface area (Å²) in [5.41, 5.74) is 1.45. The van der Waals surface area contributed by atoms with E-state index >= 15 is 0 Å². The summed E-state index contributed by atoms with van der Waals surface area (Å²) in [6.45, 7) is 4.56. The highest BCUT2D eigenvalue weighted by molar-refractivity contribution is 7.80. The zero-order valence-corrected chi connectivity index (χ0v) is 9.30. The second-order valence-corrected chi connectivity index (χ2v) is 4.22. The minimum atomic E-state index is 0.665. The molecule has 1 heteroatoms. The molecule has 0 saturated carbocycles. The summed E-state index contributed by atoms with van der Waals surface area (Å²) in [6, 6.07) is 10.7. The van der Waals surface area contributed by atoms with Crippen LogP contribution in [0, 0.1) is 5.92 Å². The van der Waals surface area contributed by atoms with Crippen molar-refractivity contribution in [1.29, 1.82) is 0 Å². The van der Waals surface area contributed by atoms with Crippen molar-refractivity contribution in [2.75, 3.05) is 5.75 Å². The summed E-state index contributed by atoms with van der Waals surface area (Å²) in [5, 5.41) is 0. The van der Waals surface area contributed by atoms with Crippen molar-refractivity contribution in [2.24, 2.45) is 5.92 Å². The minimum Gasteiger partial charge on any atom is -0.179 e. The van der Waals surface area contributed by atoms with Crippen LogP contribution in [0.1, 0.15) is 31.7 Å². The van der Waals surface area contributed by atoms with Crippen LogP contribution in [0.25, 0.3) is 0 Å². The van der Waals surface area contributed by atoms with Crippen molar-refractivity contribution < 1.29 is 0 Å². The van der Waals surface area contributed by atoms with Crippen LogP contribution in [-0.4, -0.2) is 5.75 Å². The van der Waals surface area contributed by atoms with Gasteiger partial charge >= 0.3 is 0 Å². The largest absolute Gasteiger partial charge is 0.179 e. The molecule has 0 heterocycles. The van der Waals surface area contributed by atoms with Crippen LogP contribution < -0.4 is 0 Å². The van der Waals surface area contributed by atoms with E-state index in [1.807, 2.05) is 0 Å². The van der Waals surface area contributed by atoms with E-state index in [4.69, 9.17) is 0 Å². The molecule has 72 valence electrons. The van der Waals surface area contributed by atoms with Gasteiger partial charge < -0.3 is 0 Å². The third-order valence-electron chi connectivity index (χ3n) is 2.47. The number of hydrogen-bond acceptors (Lipinski definition) is 1. The van der Waals surface area contributed by atoms with E-state index in [9.17, 15) is 0 Å². The molecule has 0 fully saturated rings. The van der Waals surface area contributed by atoms with E-state index < -0.39 is 0 Å². The second kappa shape index (κ2) is 5.33. The Morgan fingerprint density at radius 1 is 1.15 bits per heavy atom. The minimum absolute atomic E-state index is 0.665. The van der Waals surface area contributed by atoms with E-state index in [2.05, 4.69) is 56.8 Å². The number of rotatable bonds is 4. The van der Waals surface area contributed by atoms with E-state index in [1.165, 1.54) is 12.0 Å². The summed E-state index contributed by atoms with van der Waals surface area (Å²) in [7, 11) is 0. The highest BCUT2D eigenvalue weighted by Crippen LogP contribution is 2.27. The topological polar surface area (TPSA) is 0 Å². The molecule has 0 radical (unpaired) electrons. The SMILES string of the molecule is CC(C)C(CCS)c1ccccc1. The molecule has 0 N–H and O–H groups in total. The molecular formula is C12H18S. The molecule has 0 aliphatic carbocycles. The Labute approximate surface area is 86.8 Å². The monoisotopic (exact) mass is 194 g/mol. The van der Waals surface area contributed by atoms with Crippen molar-refractivity contribution in [3.05, 3.63) is 35.9 Å². The molecule has 0 spiro atoms. The van der Waals surface area contributed by atoms with E-state index in [-0.39, 0.29) is 0 Å². The van der Waals surface area contributed by atoms with Crippen molar-refractivity contribution in [3.63, 3.8) is 0 Å². The fourth-order valence-electron chi connectivity index (χ4n) is 1.72. The number of hydrogen-bond donors (Lipinski definition) is 1. The van der Waals surface area contributed by atoms with Gasteiger partial charge in [-0.1, -0.05) is 44.2 Å². The zero-order valence-electron chi connectivity index (χ0n) is 8.40. The van der Waals surface area contributed by atoms with Crippen LogP contribution >= 0.6 is 12.6 Å². The standard InChI is InChI=1S/C12H18S/c1-10(2)12(8-9-13)11-6-4-3-5-7-11/h3-7,10,12-13H,8-9H2,1-2H3. The summed E-state index contributed by atoms with van der Waals surface area (Å²) < 4.78 is 0. The van der Waals surface area contributed by atoms with Gasteiger partial charge in [0.1, 0.15) is 0 Å². The van der Waals surface area contributed by atoms with Crippen molar-refractivity contribution >= 4 is 12.6 Å². The van der Waals surface area contributed by atoms with E-state index in [0.717, 1.165) is 5.75 Å². The molecule has 1 aromatic rings. The molecule has 0 aliphatic rings. The van der Waals surface area contributed by atoms with Crippen LogP contribution in [0.2, 0.25) is 0 Å². The molecule has 0 saturated heterocycles. The first-order valence-electron chi connectivity index (χ1n) is 4.91. The lowest BCUT2D eigenvalue weighted by Gasteiger charge is -2.20. The Hall–Kier alpha value is -0.430. The van der Waals surface area contributed by atoms with Gasteiger partial charge in [0.05, 0.1) is 0 Å². The molecule has 1 rings (SSSR count). The third-order valence-corrected chi connectivity index (χ3v) is 2.73. The second-order valence-electron chi connectivity index (χ2n) is 3.77. The predicted octanol–water partition coefficient (Wildman–Crippen LogP) is 3.75. The van der Waals surface area contributed by atoms with Crippen LogP contribution in [0.3, 0.4) is 0 Å². The Kier molecular flexibility index (Phi) is 4.37. The maximum Gasteiger partial charge on any atom is -0.00920 e. The first-order valence-corrected chi connectivity index (χ1v) is 5.54. The summed E-state index contributed by atoms with van der Waals surface area (Å²) in [6.07, 6.45) is 1.17. The summed E-state index contributed by atoms with van der Waals surface area (Å²) in [5.74, 6) is 2.34. The fraction of sp³-hybridized carbons (Fsp3) is 0.500. The highest BCUT2D eigenvalue weighted by Gasteiger charge is 2.13. The van der Waals surface area contributed by atoms with Crippen molar-refractivity contribution in [2.45, 2.75) is 26.2 Å². The van der Waals surface area contributed by atoms with E-state index in [0.29, 0.717) is 11.8 Å². The number of thiol groups is 1. The van der Waals surface area contributed by atoms with Crippen LogP contribution in [0.4, 0.5) is 0 Å². The Balaban J connectivity index is 2.76. The lowest BCUT2D eigenvalue weighted by atomic mass is 9.86. The molecule has 13 heavy (non-hydrogen) atoms. The molecule has 1 atom stereocenters. The van der Waals surface area contributed by atoms with Gasteiger partial charge in [0.25, 0.3) is 0 Å². The quantitative estimate of drug-likeness (QED) is 0.693. The van der Waals surface area contributed by atoms with Gasteiger partial charge in [-0.2, -0.15) is 12.6 Å². The maximum absolute atomic E-state index is 4.30. The van der Waals surface area contributed by atoms with Gasteiger partial charge in [-0.25, -0.2) is 0 Å². The fourth-order valence-corrected chi connectivity index (χ4v) is 2.00. The van der Waals surface area contributed by atoms with Gasteiger partial charge in [-0.05, 0) is 29.6 Å². The predicted molar refractivity (Wildman–Crippen MR) is 62.5 cm³/mol. The molecule has 0 aromatic heterocycles. The molecule has 0 amide bonds. The average molecular weight is 194 g/mol. The van der Waals surface area contributed by atoms with Crippen LogP contribution in [-0.2, 0) is 0 Å². The van der Waals surface area contributed by atoms with Crippen LogP contribution in [0.15, 0.2) is 30.3 Å². The van der Waals surface area contributed by atoms with Gasteiger partial charge in [-0.3, -0.25) is 0 Å². The normalized spacial score (nSPS) is 13.2. The Morgan fingerprint density at radius 2 is 1.77 bits per heavy atom. The Morgan fingerprint density at radius 3 is 2.23 bits per heavy atom. The van der Waals surface area contributed by atoms with Gasteiger partial charge in [0, 0.05) is 0 Å². The van der Waals surface area contributed by atoms with Crippen molar-refractivity contribution in [3.8, 4) is 0 Å². The first-order chi connectivity index (χ1) is 6.25. The van der Waals surface area contributed by atoms with Crippen LogP contribution in [0.5, 0.6) is 0 Å². The molecule has 1 unspecified atom stereocenters. The van der Waals surface area contributed by atoms with Gasteiger partial charge in [-0.15, -0.1) is 0 Å². The van der Waals surface area contributed by atoms with E-state index in [1.54, 1.807) is 0 Å². The zero-order chi connectivity index (χ0) is 9.68. The summed E-state index contributed by atoms with van der Waals surface area (Å²) >= 11 is 4.30.